The fourth-order valence-electron chi connectivity index (χ4n) is 7.69. The highest BCUT2D eigenvalue weighted by molar-refractivity contribution is 6.16. The van der Waals surface area contributed by atoms with E-state index in [1.54, 1.807) is 12.1 Å². The van der Waals surface area contributed by atoms with Gasteiger partial charge in [0.2, 0.25) is 0 Å². The Bertz CT molecular complexity index is 2680. The van der Waals surface area contributed by atoms with Crippen LogP contribution in [-0.4, -0.2) is 5.92 Å². The Morgan fingerprint density at radius 3 is 1.22 bits per heavy atom. The second-order valence-electron chi connectivity index (χ2n) is 12.6. The van der Waals surface area contributed by atoms with Gasteiger partial charge in [-0.2, -0.15) is 26.3 Å². The number of alkyl halides is 6. The zero-order valence-electron chi connectivity index (χ0n) is 25.1. The molecule has 7 aromatic carbocycles. The average molecular weight is 659 g/mol. The third-order valence-corrected chi connectivity index (χ3v) is 9.97. The molecule has 0 atom stereocenters. The van der Waals surface area contributed by atoms with Gasteiger partial charge in [0.05, 0.1) is 0 Å². The van der Waals surface area contributed by atoms with E-state index in [0.717, 1.165) is 21.5 Å². The third-order valence-electron chi connectivity index (χ3n) is 9.97. The maximum atomic E-state index is 15.6. The van der Waals surface area contributed by atoms with Crippen molar-refractivity contribution in [3.8, 4) is 22.3 Å². The molecule has 1 aliphatic rings. The number of hydrogen-bond acceptors (Lipinski definition) is 2. The Hall–Kier alpha value is -5.76. The minimum atomic E-state index is -5.64. The molecule has 49 heavy (non-hydrogen) atoms. The summed E-state index contributed by atoms with van der Waals surface area (Å²) >= 11 is 0. The molecule has 0 unspecified atom stereocenters. The van der Waals surface area contributed by atoms with Crippen molar-refractivity contribution in [1.82, 2.24) is 0 Å². The highest BCUT2D eigenvalue weighted by Crippen LogP contribution is 2.66. The molecular weight excluding hydrogens is 638 g/mol. The summed E-state index contributed by atoms with van der Waals surface area (Å²) in [6, 6.07) is 34.8. The van der Waals surface area contributed by atoms with Crippen LogP contribution in [0.15, 0.2) is 130 Å². The average Bonchev–Trinajstić information content (AvgIpc) is 3.71. The molecule has 238 valence electrons. The number of halogens is 6. The number of furan rings is 2. The van der Waals surface area contributed by atoms with Crippen LogP contribution in [0.2, 0.25) is 0 Å². The second kappa shape index (κ2) is 9.23. The van der Waals surface area contributed by atoms with E-state index < -0.39 is 28.9 Å². The molecule has 0 fully saturated rings. The van der Waals surface area contributed by atoms with Crippen molar-refractivity contribution in [2.24, 2.45) is 0 Å². The van der Waals surface area contributed by atoms with Crippen LogP contribution in [0.1, 0.15) is 11.1 Å². The first-order valence-corrected chi connectivity index (χ1v) is 15.6. The first kappa shape index (κ1) is 28.3. The summed E-state index contributed by atoms with van der Waals surface area (Å²) in [6.07, 6.45) is 0. The Balaban J connectivity index is 1.31. The first-order chi connectivity index (χ1) is 23.6. The van der Waals surface area contributed by atoms with Gasteiger partial charge >= 0.3 is 17.8 Å². The Morgan fingerprint density at radius 1 is 0.367 bits per heavy atom. The van der Waals surface area contributed by atoms with Crippen molar-refractivity contribution < 1.29 is 35.2 Å². The molecule has 10 rings (SSSR count). The molecule has 0 bridgehead atoms. The SMILES string of the molecule is FC1(F)c2c(c3ccc(-c4cccc5c4oc4ccccc45)cc3c3cc(-c4cccc5c4oc4ccccc45)ccc23)C(F)(F)C1(F)F. The van der Waals surface area contributed by atoms with E-state index in [0.29, 0.717) is 44.6 Å². The van der Waals surface area contributed by atoms with Crippen LogP contribution < -0.4 is 0 Å². The Kier molecular flexibility index (Phi) is 5.32. The number of fused-ring (bicyclic) bond motifs is 12. The zero-order chi connectivity index (χ0) is 33.4. The lowest BCUT2D eigenvalue weighted by molar-refractivity contribution is -0.301. The van der Waals surface area contributed by atoms with Crippen LogP contribution in [0.4, 0.5) is 26.3 Å². The molecule has 0 saturated carbocycles. The summed E-state index contributed by atoms with van der Waals surface area (Å²) in [5.74, 6) is -15.9. The molecule has 2 nitrogen and oxygen atoms in total. The monoisotopic (exact) mass is 658 g/mol. The number of benzene rings is 7. The molecule has 2 aromatic heterocycles. The maximum absolute atomic E-state index is 15.6. The largest absolute Gasteiger partial charge is 0.455 e. The molecule has 0 radical (unpaired) electrons. The van der Waals surface area contributed by atoms with Gasteiger partial charge in [-0.15, -0.1) is 0 Å². The van der Waals surface area contributed by atoms with Crippen molar-refractivity contribution in [3.05, 3.63) is 132 Å². The number of para-hydroxylation sites is 4. The normalized spacial score (nSPS) is 16.4. The highest BCUT2D eigenvalue weighted by atomic mass is 19.3. The molecule has 0 saturated heterocycles. The molecule has 0 N–H and O–H groups in total. The quantitative estimate of drug-likeness (QED) is 0.136. The zero-order valence-corrected chi connectivity index (χ0v) is 25.1. The maximum Gasteiger partial charge on any atom is 0.380 e. The summed E-state index contributed by atoms with van der Waals surface area (Å²) in [4.78, 5) is 0. The van der Waals surface area contributed by atoms with Crippen LogP contribution in [0, 0.1) is 0 Å². The standard InChI is InChI=1S/C41H20F6O2/c42-39(43)35-27-17-15-21(23-9-5-11-29-25-7-1-3-13-33(25)48-37(23)29)19-31(27)32-20-22(16-18-28(32)36(35)40(44,45)41(39,46)47)24-10-6-12-30-26-8-2-4-14-34(26)49-38(24)30/h1-20H. The van der Waals surface area contributed by atoms with E-state index in [2.05, 4.69) is 0 Å². The number of rotatable bonds is 2. The highest BCUT2D eigenvalue weighted by Gasteiger charge is 2.80. The number of hydrogen-bond donors (Lipinski definition) is 0. The molecule has 0 spiro atoms. The summed E-state index contributed by atoms with van der Waals surface area (Å²) in [7, 11) is 0. The van der Waals surface area contributed by atoms with E-state index in [-0.39, 0.29) is 21.5 Å². The van der Waals surface area contributed by atoms with Gasteiger partial charge in [-0.25, -0.2) is 0 Å². The summed E-state index contributed by atoms with van der Waals surface area (Å²) in [6.45, 7) is 0. The van der Waals surface area contributed by atoms with Gasteiger partial charge in [0.15, 0.2) is 0 Å². The van der Waals surface area contributed by atoms with E-state index in [1.807, 2.05) is 84.9 Å². The van der Waals surface area contributed by atoms with Crippen molar-refractivity contribution in [3.63, 3.8) is 0 Å². The van der Waals surface area contributed by atoms with Gasteiger partial charge < -0.3 is 8.83 Å². The minimum Gasteiger partial charge on any atom is -0.455 e. The van der Waals surface area contributed by atoms with Gasteiger partial charge in [-0.1, -0.05) is 97.1 Å². The second-order valence-corrected chi connectivity index (χ2v) is 12.6. The van der Waals surface area contributed by atoms with Crippen molar-refractivity contribution in [2.45, 2.75) is 17.8 Å². The van der Waals surface area contributed by atoms with E-state index in [1.165, 1.54) is 24.3 Å². The molecule has 2 heterocycles. The van der Waals surface area contributed by atoms with Crippen LogP contribution in [0.25, 0.3) is 87.7 Å². The lowest BCUT2D eigenvalue weighted by Gasteiger charge is -2.23. The molecule has 9 aromatic rings. The summed E-state index contributed by atoms with van der Waals surface area (Å²) < 4.78 is 105. The molecule has 8 heteroatoms. The van der Waals surface area contributed by atoms with Gasteiger partial charge in [-0.05, 0) is 56.9 Å². The Labute approximate surface area is 272 Å². The summed E-state index contributed by atoms with van der Waals surface area (Å²) in [5.41, 5.74) is 2.06. The van der Waals surface area contributed by atoms with Crippen LogP contribution in [0.3, 0.4) is 0 Å². The van der Waals surface area contributed by atoms with E-state index in [9.17, 15) is 0 Å². The topological polar surface area (TPSA) is 26.3 Å². The predicted molar refractivity (Wildman–Crippen MR) is 180 cm³/mol. The van der Waals surface area contributed by atoms with E-state index >= 15 is 26.3 Å². The van der Waals surface area contributed by atoms with Crippen LogP contribution in [0.5, 0.6) is 0 Å². The first-order valence-electron chi connectivity index (χ1n) is 15.6. The minimum absolute atomic E-state index is 0.131. The van der Waals surface area contributed by atoms with Crippen LogP contribution in [-0.2, 0) is 11.8 Å². The lowest BCUT2D eigenvalue weighted by atomic mass is 9.88. The molecular formula is C41H20F6O2. The Morgan fingerprint density at radius 2 is 0.776 bits per heavy atom. The summed E-state index contributed by atoms with van der Waals surface area (Å²) in [5, 5.41) is 2.96. The van der Waals surface area contributed by atoms with Gasteiger partial charge in [0.25, 0.3) is 0 Å². The van der Waals surface area contributed by atoms with Crippen molar-refractivity contribution in [1.29, 1.82) is 0 Å². The van der Waals surface area contributed by atoms with Gasteiger partial charge in [0.1, 0.15) is 22.3 Å². The lowest BCUT2D eigenvalue weighted by Crippen LogP contribution is -2.43. The fourth-order valence-corrected chi connectivity index (χ4v) is 7.69. The van der Waals surface area contributed by atoms with Crippen molar-refractivity contribution >= 4 is 65.4 Å². The predicted octanol–water partition coefficient (Wildman–Crippen LogP) is 13.0. The smallest absolute Gasteiger partial charge is 0.380 e. The van der Waals surface area contributed by atoms with Crippen LogP contribution >= 0.6 is 0 Å². The fraction of sp³-hybridized carbons (Fsp3) is 0.0732. The molecule has 0 aliphatic heterocycles. The van der Waals surface area contributed by atoms with Gasteiger partial charge in [-0.3, -0.25) is 0 Å². The molecule has 1 aliphatic carbocycles. The molecule has 0 amide bonds. The van der Waals surface area contributed by atoms with Crippen molar-refractivity contribution in [2.75, 3.05) is 0 Å². The third kappa shape index (κ3) is 3.48. The van der Waals surface area contributed by atoms with E-state index in [4.69, 9.17) is 8.83 Å². The van der Waals surface area contributed by atoms with Gasteiger partial charge in [0, 0.05) is 43.8 Å².